The molecule has 3 atom stereocenters. The van der Waals surface area contributed by atoms with Crippen molar-refractivity contribution in [3.63, 3.8) is 0 Å². The van der Waals surface area contributed by atoms with E-state index in [-0.39, 0.29) is 24.0 Å². The van der Waals surface area contributed by atoms with Gasteiger partial charge in [0.1, 0.15) is 0 Å². The predicted octanol–water partition coefficient (Wildman–Crippen LogP) is 0.234. The zero-order valence-electron chi connectivity index (χ0n) is 11.0. The number of hydrogen-bond donors (Lipinski definition) is 1. The van der Waals surface area contributed by atoms with Crippen molar-refractivity contribution >= 4 is 5.97 Å². The summed E-state index contributed by atoms with van der Waals surface area (Å²) in [6.07, 6.45) is 0.0677. The van der Waals surface area contributed by atoms with Crippen LogP contribution in [0, 0.1) is 5.92 Å². The molecule has 0 bridgehead atoms. The molecule has 0 aliphatic carbocycles. The van der Waals surface area contributed by atoms with Crippen molar-refractivity contribution in [3.8, 4) is 0 Å². The number of carbonyl (C=O) groups excluding carboxylic acids is 1. The zero-order chi connectivity index (χ0) is 12.8. The van der Waals surface area contributed by atoms with Crippen molar-refractivity contribution in [2.45, 2.75) is 32.9 Å². The Labute approximate surface area is 103 Å². The van der Waals surface area contributed by atoms with Crippen LogP contribution in [-0.4, -0.2) is 55.9 Å². The molecule has 100 valence electrons. The zero-order valence-corrected chi connectivity index (χ0v) is 11.0. The number of carbonyl (C=O) groups is 1. The molecular formula is C12H24N2O3. The summed E-state index contributed by atoms with van der Waals surface area (Å²) in [6, 6.07) is 0.0238. The average Bonchev–Trinajstić information content (AvgIpc) is 2.29. The third-order valence-electron chi connectivity index (χ3n) is 2.99. The molecule has 5 nitrogen and oxygen atoms in total. The summed E-state index contributed by atoms with van der Waals surface area (Å²) < 4.78 is 10.6. The van der Waals surface area contributed by atoms with Gasteiger partial charge >= 0.3 is 5.97 Å². The van der Waals surface area contributed by atoms with E-state index in [1.165, 1.54) is 0 Å². The fourth-order valence-electron chi connectivity index (χ4n) is 1.96. The molecular weight excluding hydrogens is 220 g/mol. The first-order valence-electron chi connectivity index (χ1n) is 6.30. The van der Waals surface area contributed by atoms with Crippen molar-refractivity contribution in [3.05, 3.63) is 0 Å². The highest BCUT2D eigenvalue weighted by Crippen LogP contribution is 2.11. The van der Waals surface area contributed by atoms with Crippen molar-refractivity contribution in [1.82, 2.24) is 4.90 Å². The van der Waals surface area contributed by atoms with E-state index < -0.39 is 0 Å². The van der Waals surface area contributed by atoms with E-state index in [1.54, 1.807) is 0 Å². The highest BCUT2D eigenvalue weighted by Gasteiger charge is 2.26. The monoisotopic (exact) mass is 244 g/mol. The van der Waals surface area contributed by atoms with Gasteiger partial charge < -0.3 is 15.2 Å². The van der Waals surface area contributed by atoms with Crippen LogP contribution in [0.15, 0.2) is 0 Å². The molecule has 1 rings (SSSR count). The van der Waals surface area contributed by atoms with Gasteiger partial charge in [-0.15, -0.1) is 0 Å². The fraction of sp³-hybridized carbons (Fsp3) is 0.917. The van der Waals surface area contributed by atoms with Crippen LogP contribution < -0.4 is 5.73 Å². The molecule has 0 amide bonds. The van der Waals surface area contributed by atoms with Crippen LogP contribution in [-0.2, 0) is 14.3 Å². The predicted molar refractivity (Wildman–Crippen MR) is 65.6 cm³/mol. The standard InChI is InChI=1S/C12H24N2O3/c1-4-16-12(15)9(2)7-14-5-6-17-11(8-14)10(3)13/h9-11H,4-8,13H2,1-3H3. The van der Waals surface area contributed by atoms with Gasteiger partial charge in [-0.25, -0.2) is 0 Å². The quantitative estimate of drug-likeness (QED) is 0.702. The summed E-state index contributed by atoms with van der Waals surface area (Å²) in [6.45, 7) is 9.15. The van der Waals surface area contributed by atoms with Gasteiger partial charge in [0, 0.05) is 25.7 Å². The number of nitrogens with zero attached hydrogens (tertiary/aromatic N) is 1. The molecule has 0 aromatic rings. The van der Waals surface area contributed by atoms with Crippen LogP contribution in [0.3, 0.4) is 0 Å². The van der Waals surface area contributed by atoms with E-state index in [0.717, 1.165) is 13.1 Å². The van der Waals surface area contributed by atoms with Gasteiger partial charge in [-0.2, -0.15) is 0 Å². The third kappa shape index (κ3) is 4.61. The summed E-state index contributed by atoms with van der Waals surface area (Å²) in [5.41, 5.74) is 5.82. The van der Waals surface area contributed by atoms with Crippen LogP contribution in [0.5, 0.6) is 0 Å². The normalized spacial score (nSPS) is 25.3. The number of hydrogen-bond acceptors (Lipinski definition) is 5. The molecule has 0 radical (unpaired) electrons. The molecule has 3 unspecified atom stereocenters. The molecule has 1 saturated heterocycles. The first-order chi connectivity index (χ1) is 8.04. The highest BCUT2D eigenvalue weighted by molar-refractivity contribution is 5.72. The first-order valence-corrected chi connectivity index (χ1v) is 6.30. The van der Waals surface area contributed by atoms with Gasteiger partial charge in [-0.3, -0.25) is 9.69 Å². The minimum Gasteiger partial charge on any atom is -0.466 e. The maximum atomic E-state index is 11.5. The number of morpholine rings is 1. The summed E-state index contributed by atoms with van der Waals surface area (Å²) in [5.74, 6) is -0.224. The minimum atomic E-state index is -0.128. The summed E-state index contributed by atoms with van der Waals surface area (Å²) >= 11 is 0. The molecule has 0 aromatic heterocycles. The minimum absolute atomic E-state index is 0.0238. The van der Waals surface area contributed by atoms with Gasteiger partial charge in [0.05, 0.1) is 25.2 Å². The number of nitrogens with two attached hydrogens (primary N) is 1. The lowest BCUT2D eigenvalue weighted by atomic mass is 10.1. The molecule has 17 heavy (non-hydrogen) atoms. The third-order valence-corrected chi connectivity index (χ3v) is 2.99. The Hall–Kier alpha value is -0.650. The van der Waals surface area contributed by atoms with Crippen LogP contribution >= 0.6 is 0 Å². The van der Waals surface area contributed by atoms with Gasteiger partial charge in [-0.1, -0.05) is 6.92 Å². The first kappa shape index (κ1) is 14.4. The molecule has 5 heteroatoms. The second-order valence-electron chi connectivity index (χ2n) is 4.68. The van der Waals surface area contributed by atoms with Gasteiger partial charge in [-0.05, 0) is 13.8 Å². The van der Waals surface area contributed by atoms with Crippen LogP contribution in [0.25, 0.3) is 0 Å². The maximum Gasteiger partial charge on any atom is 0.309 e. The van der Waals surface area contributed by atoms with Crippen LogP contribution in [0.1, 0.15) is 20.8 Å². The van der Waals surface area contributed by atoms with Gasteiger partial charge in [0.15, 0.2) is 0 Å². The lowest BCUT2D eigenvalue weighted by Crippen LogP contribution is -2.50. The summed E-state index contributed by atoms with van der Waals surface area (Å²) in [5, 5.41) is 0. The van der Waals surface area contributed by atoms with Crippen LogP contribution in [0.2, 0.25) is 0 Å². The second-order valence-corrected chi connectivity index (χ2v) is 4.68. The van der Waals surface area contributed by atoms with Crippen molar-refractivity contribution in [2.24, 2.45) is 11.7 Å². The second kappa shape index (κ2) is 6.93. The van der Waals surface area contributed by atoms with Crippen LogP contribution in [0.4, 0.5) is 0 Å². The lowest BCUT2D eigenvalue weighted by molar-refractivity contribution is -0.148. The Morgan fingerprint density at radius 2 is 2.29 bits per heavy atom. The summed E-state index contributed by atoms with van der Waals surface area (Å²) in [7, 11) is 0. The smallest absolute Gasteiger partial charge is 0.309 e. The number of ether oxygens (including phenoxy) is 2. The molecule has 1 aliphatic heterocycles. The Balaban J connectivity index is 2.37. The van der Waals surface area contributed by atoms with Gasteiger partial charge in [0.25, 0.3) is 0 Å². The largest absolute Gasteiger partial charge is 0.466 e. The average molecular weight is 244 g/mol. The molecule has 2 N–H and O–H groups in total. The highest BCUT2D eigenvalue weighted by atomic mass is 16.5. The van der Waals surface area contributed by atoms with Gasteiger partial charge in [0.2, 0.25) is 0 Å². The van der Waals surface area contributed by atoms with E-state index >= 15 is 0 Å². The molecule has 1 heterocycles. The Bertz CT molecular complexity index is 246. The molecule has 1 aliphatic rings. The molecule has 1 fully saturated rings. The molecule has 0 spiro atoms. The fourth-order valence-corrected chi connectivity index (χ4v) is 1.96. The lowest BCUT2D eigenvalue weighted by Gasteiger charge is -2.35. The van der Waals surface area contributed by atoms with E-state index in [9.17, 15) is 4.79 Å². The SMILES string of the molecule is CCOC(=O)C(C)CN1CCOC(C(C)N)C1. The molecule has 0 aromatic carbocycles. The van der Waals surface area contributed by atoms with Crippen molar-refractivity contribution in [2.75, 3.05) is 32.8 Å². The van der Waals surface area contributed by atoms with Crippen molar-refractivity contribution in [1.29, 1.82) is 0 Å². The topological polar surface area (TPSA) is 64.8 Å². The maximum absolute atomic E-state index is 11.5. The number of esters is 1. The Morgan fingerprint density at radius 1 is 1.59 bits per heavy atom. The van der Waals surface area contributed by atoms with E-state index in [4.69, 9.17) is 15.2 Å². The number of rotatable bonds is 5. The van der Waals surface area contributed by atoms with E-state index in [0.29, 0.717) is 19.8 Å². The van der Waals surface area contributed by atoms with E-state index in [1.807, 2.05) is 20.8 Å². The van der Waals surface area contributed by atoms with Crippen molar-refractivity contribution < 1.29 is 14.3 Å². The molecule has 0 saturated carbocycles. The Morgan fingerprint density at radius 3 is 2.88 bits per heavy atom. The van der Waals surface area contributed by atoms with E-state index in [2.05, 4.69) is 4.90 Å². The summed E-state index contributed by atoms with van der Waals surface area (Å²) in [4.78, 5) is 13.7. The Kier molecular flexibility index (Phi) is 5.88.